The summed E-state index contributed by atoms with van der Waals surface area (Å²) in [5.74, 6) is 0.683. The highest BCUT2D eigenvalue weighted by Gasteiger charge is 2.22. The lowest BCUT2D eigenvalue weighted by Gasteiger charge is -2.05. The molecule has 15 heavy (non-hydrogen) atoms. The third kappa shape index (κ3) is 2.86. The first-order chi connectivity index (χ1) is 7.15. The van der Waals surface area contributed by atoms with Crippen LogP contribution in [0.4, 0.5) is 0 Å². The quantitative estimate of drug-likeness (QED) is 0.777. The summed E-state index contributed by atoms with van der Waals surface area (Å²) in [6.07, 6.45) is 2.49. The predicted molar refractivity (Wildman–Crippen MR) is 60.9 cm³/mol. The van der Waals surface area contributed by atoms with E-state index >= 15 is 0 Å². The van der Waals surface area contributed by atoms with E-state index in [1.54, 1.807) is 6.07 Å². The van der Waals surface area contributed by atoms with E-state index < -0.39 is 0 Å². The molecule has 5 heteroatoms. The number of nitrogens with two attached hydrogens (primary N) is 1. The molecule has 0 aromatic carbocycles. The summed E-state index contributed by atoms with van der Waals surface area (Å²) in [5, 5.41) is 0. The van der Waals surface area contributed by atoms with Gasteiger partial charge in [-0.25, -0.2) is 4.98 Å². The van der Waals surface area contributed by atoms with Gasteiger partial charge in [0.25, 0.3) is 0 Å². The van der Waals surface area contributed by atoms with Crippen molar-refractivity contribution in [1.82, 2.24) is 9.97 Å². The van der Waals surface area contributed by atoms with Crippen LogP contribution in [0.2, 0.25) is 0 Å². The van der Waals surface area contributed by atoms with Gasteiger partial charge in [0, 0.05) is 5.69 Å². The van der Waals surface area contributed by atoms with Crippen molar-refractivity contribution in [3.8, 4) is 6.01 Å². The van der Waals surface area contributed by atoms with Gasteiger partial charge in [0.15, 0.2) is 0 Å². The molecule has 0 aliphatic heterocycles. The van der Waals surface area contributed by atoms with E-state index in [1.165, 1.54) is 12.8 Å². The molecule has 0 atom stereocenters. The summed E-state index contributed by atoms with van der Waals surface area (Å²) in [7, 11) is 0. The second kappa shape index (κ2) is 4.10. The smallest absolute Gasteiger partial charge is 0.317 e. The molecule has 1 saturated carbocycles. The van der Waals surface area contributed by atoms with Gasteiger partial charge in [-0.2, -0.15) is 4.98 Å². The molecule has 0 bridgehead atoms. The summed E-state index contributed by atoms with van der Waals surface area (Å²) < 4.78 is 5.46. The number of ether oxygens (including phenoxy) is 1. The molecule has 1 aromatic heterocycles. The number of aromatic nitrogens is 2. The summed E-state index contributed by atoms with van der Waals surface area (Å²) in [6, 6.07) is 2.14. The first-order valence-corrected chi connectivity index (χ1v) is 5.34. The van der Waals surface area contributed by atoms with E-state index in [0.717, 1.165) is 5.69 Å². The molecule has 1 aromatic rings. The third-order valence-electron chi connectivity index (χ3n) is 2.23. The van der Waals surface area contributed by atoms with Crippen molar-refractivity contribution in [2.24, 2.45) is 11.7 Å². The van der Waals surface area contributed by atoms with Gasteiger partial charge in [0.1, 0.15) is 10.7 Å². The molecule has 1 heterocycles. The van der Waals surface area contributed by atoms with Crippen LogP contribution in [0, 0.1) is 12.8 Å². The van der Waals surface area contributed by atoms with Crippen molar-refractivity contribution in [2.75, 3.05) is 6.61 Å². The lowest BCUT2D eigenvalue weighted by molar-refractivity contribution is 0.275. The Morgan fingerprint density at radius 3 is 2.93 bits per heavy atom. The summed E-state index contributed by atoms with van der Waals surface area (Å²) in [5.41, 5.74) is 6.90. The Morgan fingerprint density at radius 1 is 1.60 bits per heavy atom. The zero-order valence-corrected chi connectivity index (χ0v) is 9.38. The summed E-state index contributed by atoms with van der Waals surface area (Å²) in [4.78, 5) is 8.58. The van der Waals surface area contributed by atoms with Crippen LogP contribution in [0.25, 0.3) is 0 Å². The Bertz CT molecular complexity index is 390. The fraction of sp³-hybridized carbons (Fsp3) is 0.500. The van der Waals surface area contributed by atoms with Gasteiger partial charge in [0.05, 0.1) is 6.61 Å². The number of hydrogen-bond acceptors (Lipinski definition) is 4. The Balaban J connectivity index is 2.10. The zero-order chi connectivity index (χ0) is 10.8. The van der Waals surface area contributed by atoms with Crippen molar-refractivity contribution >= 4 is 17.2 Å². The Morgan fingerprint density at radius 2 is 2.33 bits per heavy atom. The molecule has 4 nitrogen and oxygen atoms in total. The molecular weight excluding hydrogens is 210 g/mol. The molecule has 1 aliphatic carbocycles. The van der Waals surface area contributed by atoms with E-state index in [1.807, 2.05) is 6.92 Å². The van der Waals surface area contributed by atoms with Crippen LogP contribution >= 0.6 is 12.2 Å². The maximum atomic E-state index is 5.51. The molecule has 0 spiro atoms. The van der Waals surface area contributed by atoms with Crippen molar-refractivity contribution in [3.05, 3.63) is 17.5 Å². The van der Waals surface area contributed by atoms with Crippen LogP contribution in [0.3, 0.4) is 0 Å². The summed E-state index contributed by atoms with van der Waals surface area (Å²) in [6.45, 7) is 2.56. The zero-order valence-electron chi connectivity index (χ0n) is 8.56. The number of rotatable bonds is 4. The highest BCUT2D eigenvalue weighted by molar-refractivity contribution is 7.80. The number of aryl methyl sites for hydroxylation is 1. The second-order valence-electron chi connectivity index (χ2n) is 3.80. The van der Waals surface area contributed by atoms with Crippen molar-refractivity contribution in [2.45, 2.75) is 19.8 Å². The first-order valence-electron chi connectivity index (χ1n) is 4.93. The minimum atomic E-state index is 0.275. The van der Waals surface area contributed by atoms with Crippen LogP contribution in [0.15, 0.2) is 6.07 Å². The molecule has 0 saturated heterocycles. The Kier molecular flexibility index (Phi) is 2.81. The lowest BCUT2D eigenvalue weighted by Crippen LogP contribution is -2.14. The van der Waals surface area contributed by atoms with Gasteiger partial charge in [-0.1, -0.05) is 12.2 Å². The molecule has 1 fully saturated rings. The molecule has 80 valence electrons. The topological polar surface area (TPSA) is 61.0 Å². The standard InChI is InChI=1S/C10H13N3OS/c1-6-4-8(9(11)15)13-10(12-6)14-5-7-2-3-7/h4,7H,2-3,5H2,1H3,(H2,11,15). The minimum absolute atomic E-state index is 0.275. The van der Waals surface area contributed by atoms with Gasteiger partial charge >= 0.3 is 6.01 Å². The molecule has 1 aliphatic rings. The normalized spacial score (nSPS) is 15.0. The van der Waals surface area contributed by atoms with Gasteiger partial charge in [-0.15, -0.1) is 0 Å². The Hall–Kier alpha value is -1.23. The Labute approximate surface area is 93.9 Å². The maximum Gasteiger partial charge on any atom is 0.317 e. The maximum absolute atomic E-state index is 5.51. The number of hydrogen-bond donors (Lipinski definition) is 1. The molecule has 2 N–H and O–H groups in total. The minimum Gasteiger partial charge on any atom is -0.463 e. The van der Waals surface area contributed by atoms with E-state index in [0.29, 0.717) is 24.2 Å². The van der Waals surface area contributed by atoms with Crippen LogP contribution in [0.5, 0.6) is 6.01 Å². The summed E-state index contributed by atoms with van der Waals surface area (Å²) >= 11 is 4.86. The van der Waals surface area contributed by atoms with E-state index in [-0.39, 0.29) is 4.99 Å². The van der Waals surface area contributed by atoms with E-state index in [9.17, 15) is 0 Å². The van der Waals surface area contributed by atoms with Crippen LogP contribution in [0.1, 0.15) is 24.2 Å². The monoisotopic (exact) mass is 223 g/mol. The van der Waals surface area contributed by atoms with E-state index in [2.05, 4.69) is 9.97 Å². The van der Waals surface area contributed by atoms with Crippen molar-refractivity contribution in [3.63, 3.8) is 0 Å². The first kappa shape index (κ1) is 10.3. The van der Waals surface area contributed by atoms with Crippen LogP contribution in [-0.2, 0) is 0 Å². The number of nitrogens with zero attached hydrogens (tertiary/aromatic N) is 2. The van der Waals surface area contributed by atoms with Crippen LogP contribution < -0.4 is 10.5 Å². The lowest BCUT2D eigenvalue weighted by atomic mass is 10.3. The molecule has 0 radical (unpaired) electrons. The fourth-order valence-corrected chi connectivity index (χ4v) is 1.31. The molecule has 2 rings (SSSR count). The van der Waals surface area contributed by atoms with Crippen molar-refractivity contribution in [1.29, 1.82) is 0 Å². The van der Waals surface area contributed by atoms with Gasteiger partial charge in [-0.3, -0.25) is 0 Å². The van der Waals surface area contributed by atoms with E-state index in [4.69, 9.17) is 22.7 Å². The number of thiocarbonyl (C=S) groups is 1. The molecular formula is C10H13N3OS. The average molecular weight is 223 g/mol. The van der Waals surface area contributed by atoms with Gasteiger partial charge in [-0.05, 0) is 31.7 Å². The van der Waals surface area contributed by atoms with Gasteiger partial charge < -0.3 is 10.5 Å². The van der Waals surface area contributed by atoms with Crippen molar-refractivity contribution < 1.29 is 4.74 Å². The average Bonchev–Trinajstić information content (AvgIpc) is 2.97. The fourth-order valence-electron chi connectivity index (χ4n) is 1.21. The highest BCUT2D eigenvalue weighted by Crippen LogP contribution is 2.28. The largest absolute Gasteiger partial charge is 0.463 e. The van der Waals surface area contributed by atoms with Gasteiger partial charge in [0.2, 0.25) is 0 Å². The van der Waals surface area contributed by atoms with Crippen LogP contribution in [-0.4, -0.2) is 21.6 Å². The molecule has 0 amide bonds. The third-order valence-corrected chi connectivity index (χ3v) is 2.44. The predicted octanol–water partition coefficient (Wildman–Crippen LogP) is 1.21. The second-order valence-corrected chi connectivity index (χ2v) is 4.24. The SMILES string of the molecule is Cc1cc(C(N)=S)nc(OCC2CC2)n1. The highest BCUT2D eigenvalue weighted by atomic mass is 32.1. The molecule has 0 unspecified atom stereocenters.